The van der Waals surface area contributed by atoms with Gasteiger partial charge in [0.1, 0.15) is 23.9 Å². The van der Waals surface area contributed by atoms with Crippen LogP contribution in [0.25, 0.3) is 0 Å². The monoisotopic (exact) mass is 483 g/mol. The van der Waals surface area contributed by atoms with E-state index in [0.717, 1.165) is 0 Å². The lowest BCUT2D eigenvalue weighted by Gasteiger charge is -2.24. The molecule has 0 aromatic heterocycles. The average Bonchev–Trinajstić information content (AvgIpc) is 2.76. The highest BCUT2D eigenvalue weighted by atomic mass is 32.2. The summed E-state index contributed by atoms with van der Waals surface area (Å²) in [4.78, 5) is 59.9. The van der Waals surface area contributed by atoms with E-state index in [4.69, 9.17) is 11.5 Å². The Bertz CT molecular complexity index is 850. The van der Waals surface area contributed by atoms with Crippen molar-refractivity contribution in [2.75, 3.05) is 18.6 Å². The number of carbonyl (C=O) groups is 5. The van der Waals surface area contributed by atoms with Crippen LogP contribution in [-0.2, 0) is 30.4 Å². The molecule has 33 heavy (non-hydrogen) atoms. The van der Waals surface area contributed by atoms with Crippen molar-refractivity contribution in [3.05, 3.63) is 29.8 Å². The number of nitrogens with two attached hydrogens (primary N) is 2. The van der Waals surface area contributed by atoms with Gasteiger partial charge in [-0.05, 0) is 36.1 Å². The van der Waals surface area contributed by atoms with E-state index in [2.05, 4.69) is 16.0 Å². The zero-order chi connectivity index (χ0) is 25.0. The number of aromatic hydroxyl groups is 1. The second-order valence-electron chi connectivity index (χ2n) is 7.11. The van der Waals surface area contributed by atoms with Crippen molar-refractivity contribution >= 4 is 41.4 Å². The minimum atomic E-state index is -1.55. The number of primary amides is 1. The molecule has 0 saturated carbocycles. The number of phenols is 1. The van der Waals surface area contributed by atoms with Gasteiger partial charge in [0.05, 0.1) is 13.0 Å². The van der Waals surface area contributed by atoms with Crippen LogP contribution in [0.2, 0.25) is 0 Å². The van der Waals surface area contributed by atoms with E-state index < -0.39 is 54.1 Å². The van der Waals surface area contributed by atoms with Crippen LogP contribution in [0, 0.1) is 0 Å². The summed E-state index contributed by atoms with van der Waals surface area (Å²) in [5.74, 6) is -3.95. The fourth-order valence-corrected chi connectivity index (χ4v) is 3.25. The highest BCUT2D eigenvalue weighted by Crippen LogP contribution is 2.12. The predicted molar refractivity (Wildman–Crippen MR) is 121 cm³/mol. The van der Waals surface area contributed by atoms with Crippen LogP contribution in [0.3, 0.4) is 0 Å². The summed E-state index contributed by atoms with van der Waals surface area (Å²) in [6.45, 7) is -0.358. The quantitative estimate of drug-likeness (QED) is 0.156. The minimum Gasteiger partial charge on any atom is -0.508 e. The van der Waals surface area contributed by atoms with Crippen molar-refractivity contribution < 1.29 is 34.2 Å². The second kappa shape index (κ2) is 14.0. The van der Waals surface area contributed by atoms with Crippen LogP contribution in [0.1, 0.15) is 18.4 Å². The van der Waals surface area contributed by atoms with E-state index in [1.54, 1.807) is 18.4 Å². The lowest BCUT2D eigenvalue weighted by atomic mass is 10.0. The molecule has 0 aliphatic carbocycles. The van der Waals surface area contributed by atoms with Gasteiger partial charge >= 0.3 is 5.97 Å². The number of nitrogens with one attached hydrogen (secondary N) is 3. The van der Waals surface area contributed by atoms with Gasteiger partial charge in [0, 0.05) is 6.42 Å². The highest BCUT2D eigenvalue weighted by Gasteiger charge is 2.30. The molecule has 9 N–H and O–H groups in total. The van der Waals surface area contributed by atoms with Gasteiger partial charge in [-0.3, -0.25) is 19.2 Å². The Morgan fingerprint density at radius 3 is 2.06 bits per heavy atom. The molecule has 0 aliphatic rings. The molecule has 0 saturated heterocycles. The van der Waals surface area contributed by atoms with E-state index in [9.17, 15) is 34.2 Å². The molecule has 0 spiro atoms. The van der Waals surface area contributed by atoms with Crippen LogP contribution in [0.15, 0.2) is 24.3 Å². The van der Waals surface area contributed by atoms with Gasteiger partial charge in [-0.2, -0.15) is 11.8 Å². The first-order chi connectivity index (χ1) is 15.6. The van der Waals surface area contributed by atoms with E-state index >= 15 is 0 Å². The number of amides is 4. The van der Waals surface area contributed by atoms with Crippen molar-refractivity contribution in [2.45, 2.75) is 37.4 Å². The second-order valence-corrected chi connectivity index (χ2v) is 8.09. The Hall–Kier alpha value is -3.32. The van der Waals surface area contributed by atoms with E-state index in [1.807, 2.05) is 0 Å². The zero-order valence-corrected chi connectivity index (χ0v) is 18.9. The first-order valence-corrected chi connectivity index (χ1v) is 11.3. The van der Waals surface area contributed by atoms with E-state index in [1.165, 1.54) is 23.9 Å². The Kier molecular flexibility index (Phi) is 11.7. The summed E-state index contributed by atoms with van der Waals surface area (Å²) in [5.41, 5.74) is 11.0. The molecule has 0 radical (unpaired) electrons. The summed E-state index contributed by atoms with van der Waals surface area (Å²) in [5, 5.41) is 25.9. The number of rotatable bonds is 14. The average molecular weight is 484 g/mol. The molecule has 0 fully saturated rings. The molecule has 1 aromatic carbocycles. The third kappa shape index (κ3) is 10.2. The largest absolute Gasteiger partial charge is 0.508 e. The van der Waals surface area contributed by atoms with Crippen LogP contribution in [0.5, 0.6) is 5.75 Å². The maximum atomic E-state index is 12.9. The van der Waals surface area contributed by atoms with Gasteiger partial charge in [0.2, 0.25) is 23.6 Å². The Balaban J connectivity index is 3.02. The van der Waals surface area contributed by atoms with Crippen LogP contribution in [-0.4, -0.2) is 76.5 Å². The van der Waals surface area contributed by atoms with Gasteiger partial charge < -0.3 is 37.6 Å². The molecule has 3 atom stereocenters. The number of thioether (sulfide) groups is 1. The van der Waals surface area contributed by atoms with E-state index in [0.29, 0.717) is 11.3 Å². The Labute approximate surface area is 194 Å². The van der Waals surface area contributed by atoms with E-state index in [-0.39, 0.29) is 25.1 Å². The maximum Gasteiger partial charge on any atom is 0.326 e. The molecular formula is C20H29N5O7S. The molecule has 0 heterocycles. The Morgan fingerprint density at radius 1 is 0.970 bits per heavy atom. The van der Waals surface area contributed by atoms with Gasteiger partial charge in [-0.25, -0.2) is 4.79 Å². The summed E-state index contributed by atoms with van der Waals surface area (Å²) in [6.07, 6.45) is 1.39. The number of carboxylic acid groups (broad SMARTS) is 1. The standard InChI is InChI=1S/C20H29N5O7S/c1-33-7-6-13(18(29)25-15(20(31)32)9-16(22)27)24-19(30)14(23-17(28)10-21)8-11-2-4-12(26)5-3-11/h2-5,13-15,26H,6-10,21H2,1H3,(H2,22,27)(H,23,28)(H,24,30)(H,25,29)(H,31,32). The molecule has 0 bridgehead atoms. The van der Waals surface area contributed by atoms with Crippen molar-refractivity contribution in [3.8, 4) is 5.75 Å². The number of hydrogen-bond donors (Lipinski definition) is 7. The maximum absolute atomic E-state index is 12.9. The van der Waals surface area contributed by atoms with Crippen LogP contribution >= 0.6 is 11.8 Å². The minimum absolute atomic E-state index is 0.0310. The fraction of sp³-hybridized carbons (Fsp3) is 0.450. The number of carboxylic acids is 1. The molecule has 3 unspecified atom stereocenters. The summed E-state index contributed by atoms with van der Waals surface area (Å²) in [6, 6.07) is 2.23. The van der Waals surface area contributed by atoms with Gasteiger partial charge in [0.15, 0.2) is 0 Å². The number of benzene rings is 1. The normalized spacial score (nSPS) is 13.3. The number of phenolic OH excluding ortho intramolecular Hbond substituents is 1. The number of aliphatic carboxylic acids is 1. The van der Waals surface area contributed by atoms with Gasteiger partial charge in [-0.1, -0.05) is 12.1 Å². The van der Waals surface area contributed by atoms with Crippen LogP contribution in [0.4, 0.5) is 0 Å². The molecular weight excluding hydrogens is 454 g/mol. The van der Waals surface area contributed by atoms with Gasteiger partial charge in [0.25, 0.3) is 0 Å². The lowest BCUT2D eigenvalue weighted by molar-refractivity contribution is -0.143. The summed E-state index contributed by atoms with van der Waals surface area (Å²) < 4.78 is 0. The van der Waals surface area contributed by atoms with Gasteiger partial charge in [-0.15, -0.1) is 0 Å². The highest BCUT2D eigenvalue weighted by molar-refractivity contribution is 7.98. The summed E-state index contributed by atoms with van der Waals surface area (Å²) in [7, 11) is 0. The van der Waals surface area contributed by atoms with Crippen molar-refractivity contribution in [1.82, 2.24) is 16.0 Å². The fourth-order valence-electron chi connectivity index (χ4n) is 2.78. The summed E-state index contributed by atoms with van der Waals surface area (Å²) >= 11 is 1.41. The molecule has 0 aliphatic heterocycles. The third-order valence-corrected chi connectivity index (χ3v) is 5.12. The van der Waals surface area contributed by atoms with Crippen molar-refractivity contribution in [1.29, 1.82) is 0 Å². The number of carbonyl (C=O) groups excluding carboxylic acids is 4. The molecule has 4 amide bonds. The first kappa shape index (κ1) is 27.7. The molecule has 182 valence electrons. The molecule has 12 nitrogen and oxygen atoms in total. The first-order valence-electron chi connectivity index (χ1n) is 9.95. The van der Waals surface area contributed by atoms with Crippen molar-refractivity contribution in [3.63, 3.8) is 0 Å². The smallest absolute Gasteiger partial charge is 0.326 e. The van der Waals surface area contributed by atoms with Crippen molar-refractivity contribution in [2.24, 2.45) is 11.5 Å². The molecule has 1 rings (SSSR count). The molecule has 13 heteroatoms. The number of hydrogen-bond acceptors (Lipinski definition) is 8. The van der Waals surface area contributed by atoms with Crippen LogP contribution < -0.4 is 27.4 Å². The third-order valence-electron chi connectivity index (χ3n) is 4.48. The predicted octanol–water partition coefficient (Wildman–Crippen LogP) is -1.94. The SMILES string of the molecule is CSCCC(NC(=O)C(Cc1ccc(O)cc1)NC(=O)CN)C(=O)NC(CC(N)=O)C(=O)O. The topological polar surface area (TPSA) is 214 Å². The Morgan fingerprint density at radius 2 is 1.55 bits per heavy atom. The molecule has 1 aromatic rings. The zero-order valence-electron chi connectivity index (χ0n) is 18.1. The lowest BCUT2D eigenvalue weighted by Crippen LogP contribution is -2.57.